The number of anilines is 1. The van der Waals surface area contributed by atoms with Crippen molar-refractivity contribution in [1.29, 1.82) is 0 Å². The van der Waals surface area contributed by atoms with Gasteiger partial charge in [-0.05, 0) is 49.9 Å². The van der Waals surface area contributed by atoms with E-state index in [0.717, 1.165) is 11.3 Å². The van der Waals surface area contributed by atoms with Crippen LogP contribution in [-0.2, 0) is 16.6 Å². The zero-order valence-electron chi connectivity index (χ0n) is 11.7. The molecule has 7 heteroatoms. The summed E-state index contributed by atoms with van der Waals surface area (Å²) in [5.74, 6) is 0. The van der Waals surface area contributed by atoms with E-state index < -0.39 is 10.0 Å². The molecule has 112 valence electrons. The molecule has 21 heavy (non-hydrogen) atoms. The Labute approximate surface area is 129 Å². The number of nitrogens with zero attached hydrogens (tertiary/aromatic N) is 1. The average molecular weight is 326 g/mol. The SMILES string of the molecule is CNCc1cc(S(=O)(=O)Nc2ccc(C)nc2)ccc1Cl. The quantitative estimate of drug-likeness (QED) is 0.886. The third kappa shape index (κ3) is 3.93. The highest BCUT2D eigenvalue weighted by Gasteiger charge is 2.16. The van der Waals surface area contributed by atoms with Gasteiger partial charge in [-0.15, -0.1) is 0 Å². The number of benzene rings is 1. The summed E-state index contributed by atoms with van der Waals surface area (Å²) in [5, 5.41) is 3.48. The van der Waals surface area contributed by atoms with Gasteiger partial charge in [-0.25, -0.2) is 8.42 Å². The highest BCUT2D eigenvalue weighted by Crippen LogP contribution is 2.22. The second kappa shape index (κ2) is 6.43. The van der Waals surface area contributed by atoms with Crippen LogP contribution in [0.4, 0.5) is 5.69 Å². The Morgan fingerprint density at radius 3 is 2.62 bits per heavy atom. The Kier molecular flexibility index (Phi) is 4.82. The molecule has 0 bridgehead atoms. The van der Waals surface area contributed by atoms with Gasteiger partial charge in [0.1, 0.15) is 0 Å². The summed E-state index contributed by atoms with van der Waals surface area (Å²) in [5.41, 5.74) is 1.97. The highest BCUT2D eigenvalue weighted by molar-refractivity contribution is 7.92. The number of halogens is 1. The Morgan fingerprint density at radius 2 is 2.00 bits per heavy atom. The Bertz CT molecular complexity index is 730. The van der Waals surface area contributed by atoms with Crippen LogP contribution in [0.15, 0.2) is 41.4 Å². The molecule has 0 saturated heterocycles. The first-order valence-electron chi connectivity index (χ1n) is 6.31. The van der Waals surface area contributed by atoms with Crippen molar-refractivity contribution in [2.45, 2.75) is 18.4 Å². The summed E-state index contributed by atoms with van der Waals surface area (Å²) >= 11 is 6.04. The maximum Gasteiger partial charge on any atom is 0.261 e. The molecule has 2 aromatic rings. The molecule has 0 saturated carbocycles. The molecule has 0 aliphatic heterocycles. The van der Waals surface area contributed by atoms with Gasteiger partial charge in [0, 0.05) is 17.3 Å². The van der Waals surface area contributed by atoms with E-state index in [1.165, 1.54) is 12.3 Å². The van der Waals surface area contributed by atoms with Gasteiger partial charge in [0.05, 0.1) is 16.8 Å². The molecular formula is C14H16ClN3O2S. The lowest BCUT2D eigenvalue weighted by molar-refractivity contribution is 0.601. The van der Waals surface area contributed by atoms with E-state index in [-0.39, 0.29) is 4.90 Å². The zero-order chi connectivity index (χ0) is 15.5. The van der Waals surface area contributed by atoms with E-state index in [2.05, 4.69) is 15.0 Å². The van der Waals surface area contributed by atoms with Gasteiger partial charge in [-0.1, -0.05) is 11.6 Å². The van der Waals surface area contributed by atoms with E-state index in [1.807, 2.05) is 6.92 Å². The van der Waals surface area contributed by atoms with Crippen molar-refractivity contribution >= 4 is 27.3 Å². The molecule has 1 aromatic carbocycles. The van der Waals surface area contributed by atoms with E-state index in [0.29, 0.717) is 17.3 Å². The van der Waals surface area contributed by atoms with Gasteiger partial charge in [-0.2, -0.15) is 0 Å². The lowest BCUT2D eigenvalue weighted by Gasteiger charge is -2.10. The summed E-state index contributed by atoms with van der Waals surface area (Å²) in [4.78, 5) is 4.22. The molecule has 5 nitrogen and oxygen atoms in total. The van der Waals surface area contributed by atoms with Crippen molar-refractivity contribution < 1.29 is 8.42 Å². The molecule has 0 aliphatic carbocycles. The number of hydrogen-bond acceptors (Lipinski definition) is 4. The number of rotatable bonds is 5. The van der Waals surface area contributed by atoms with Gasteiger partial charge in [-0.3, -0.25) is 9.71 Å². The first-order valence-corrected chi connectivity index (χ1v) is 8.17. The van der Waals surface area contributed by atoms with Crippen LogP contribution in [0.1, 0.15) is 11.3 Å². The maximum absolute atomic E-state index is 12.4. The van der Waals surface area contributed by atoms with E-state index in [4.69, 9.17) is 11.6 Å². The fraction of sp³-hybridized carbons (Fsp3) is 0.214. The number of aryl methyl sites for hydroxylation is 1. The zero-order valence-corrected chi connectivity index (χ0v) is 13.3. The molecule has 0 atom stereocenters. The molecule has 0 radical (unpaired) electrons. The minimum atomic E-state index is -3.66. The summed E-state index contributed by atoms with van der Waals surface area (Å²) in [7, 11) is -1.89. The summed E-state index contributed by atoms with van der Waals surface area (Å²) in [6.45, 7) is 2.33. The Hall–Kier alpha value is -1.63. The molecule has 0 spiro atoms. The van der Waals surface area contributed by atoms with Crippen LogP contribution in [0.5, 0.6) is 0 Å². The summed E-state index contributed by atoms with van der Waals surface area (Å²) in [6, 6.07) is 8.03. The van der Waals surface area contributed by atoms with Crippen molar-refractivity contribution in [1.82, 2.24) is 10.3 Å². The molecular weight excluding hydrogens is 310 g/mol. The van der Waals surface area contributed by atoms with Crippen LogP contribution in [-0.4, -0.2) is 20.4 Å². The molecule has 1 heterocycles. The van der Waals surface area contributed by atoms with E-state index >= 15 is 0 Å². The third-order valence-corrected chi connectivity index (χ3v) is 4.61. The van der Waals surface area contributed by atoms with Crippen LogP contribution in [0.3, 0.4) is 0 Å². The molecule has 0 amide bonds. The molecule has 0 unspecified atom stereocenters. The highest BCUT2D eigenvalue weighted by atomic mass is 35.5. The molecule has 0 aliphatic rings. The monoisotopic (exact) mass is 325 g/mol. The average Bonchev–Trinajstić information content (AvgIpc) is 2.43. The van der Waals surface area contributed by atoms with Crippen LogP contribution >= 0.6 is 11.6 Å². The van der Waals surface area contributed by atoms with Gasteiger partial charge >= 0.3 is 0 Å². The Morgan fingerprint density at radius 1 is 1.24 bits per heavy atom. The van der Waals surface area contributed by atoms with Gasteiger partial charge in [0.2, 0.25) is 0 Å². The van der Waals surface area contributed by atoms with Crippen LogP contribution in [0.2, 0.25) is 5.02 Å². The second-order valence-corrected chi connectivity index (χ2v) is 6.67. The molecule has 1 aromatic heterocycles. The minimum absolute atomic E-state index is 0.165. The topological polar surface area (TPSA) is 71.1 Å². The van der Waals surface area contributed by atoms with Crippen molar-refractivity contribution in [3.63, 3.8) is 0 Å². The number of hydrogen-bond donors (Lipinski definition) is 2. The number of pyridine rings is 1. The summed E-state index contributed by atoms with van der Waals surface area (Å²) < 4.78 is 27.2. The van der Waals surface area contributed by atoms with Crippen molar-refractivity contribution in [2.24, 2.45) is 0 Å². The number of nitrogens with one attached hydrogen (secondary N) is 2. The van der Waals surface area contributed by atoms with E-state index in [1.54, 1.807) is 31.3 Å². The smallest absolute Gasteiger partial charge is 0.261 e. The van der Waals surface area contributed by atoms with Crippen LogP contribution in [0.25, 0.3) is 0 Å². The molecule has 2 rings (SSSR count). The third-order valence-electron chi connectivity index (χ3n) is 2.86. The first-order chi connectivity index (χ1) is 9.92. The summed E-state index contributed by atoms with van der Waals surface area (Å²) in [6.07, 6.45) is 1.48. The van der Waals surface area contributed by atoms with Gasteiger partial charge in [0.15, 0.2) is 0 Å². The number of aromatic nitrogens is 1. The standard InChI is InChI=1S/C14H16ClN3O2S/c1-10-3-4-12(9-17-10)18-21(19,20)13-5-6-14(15)11(7-13)8-16-2/h3-7,9,16,18H,8H2,1-2H3. The predicted molar refractivity (Wildman–Crippen MR) is 84.0 cm³/mol. The lowest BCUT2D eigenvalue weighted by atomic mass is 10.2. The lowest BCUT2D eigenvalue weighted by Crippen LogP contribution is -2.14. The second-order valence-electron chi connectivity index (χ2n) is 4.58. The normalized spacial score (nSPS) is 11.4. The molecule has 0 fully saturated rings. The minimum Gasteiger partial charge on any atom is -0.316 e. The fourth-order valence-electron chi connectivity index (χ4n) is 1.79. The Balaban J connectivity index is 2.31. The van der Waals surface area contributed by atoms with Crippen molar-refractivity contribution in [3.8, 4) is 0 Å². The first kappa shape index (κ1) is 15.8. The van der Waals surface area contributed by atoms with Crippen molar-refractivity contribution in [2.75, 3.05) is 11.8 Å². The van der Waals surface area contributed by atoms with Gasteiger partial charge < -0.3 is 5.32 Å². The predicted octanol–water partition coefficient (Wildman–Crippen LogP) is 2.56. The maximum atomic E-state index is 12.4. The van der Waals surface area contributed by atoms with Crippen LogP contribution < -0.4 is 10.0 Å². The molecule has 2 N–H and O–H groups in total. The van der Waals surface area contributed by atoms with Crippen LogP contribution in [0, 0.1) is 6.92 Å². The van der Waals surface area contributed by atoms with Gasteiger partial charge in [0.25, 0.3) is 10.0 Å². The van der Waals surface area contributed by atoms with E-state index in [9.17, 15) is 8.42 Å². The fourth-order valence-corrected chi connectivity index (χ4v) is 3.06. The largest absolute Gasteiger partial charge is 0.316 e. The van der Waals surface area contributed by atoms with Crippen molar-refractivity contribution in [3.05, 3.63) is 52.8 Å². The number of sulfonamides is 1.